The Morgan fingerprint density at radius 1 is 1.00 bits per heavy atom. The highest BCUT2D eigenvalue weighted by Crippen LogP contribution is 2.37. The van der Waals surface area contributed by atoms with Crippen LogP contribution in [0, 0.1) is 0 Å². The lowest BCUT2D eigenvalue weighted by atomic mass is 10.3. The maximum atomic E-state index is 6.19. The third kappa shape index (κ3) is 3.16. The standard InChI is InChI=1S/C15H10Cl2N2O2S/c1-20-9-4-2-5-10(8-9)21-12-13(16)18-15(19-14(12)17)11-6-3-7-22-11/h2-8H,1H3. The SMILES string of the molecule is COc1cccc(Oc2c(Cl)nc(-c3cccs3)nc2Cl)c1. The number of aromatic nitrogens is 2. The van der Waals surface area contributed by atoms with Gasteiger partial charge >= 0.3 is 0 Å². The first kappa shape index (κ1) is 15.1. The van der Waals surface area contributed by atoms with Gasteiger partial charge in [-0.3, -0.25) is 0 Å². The molecule has 0 bridgehead atoms. The van der Waals surface area contributed by atoms with Crippen molar-refractivity contribution in [2.75, 3.05) is 7.11 Å². The third-order valence-electron chi connectivity index (χ3n) is 2.79. The summed E-state index contributed by atoms with van der Waals surface area (Å²) in [5.74, 6) is 1.90. The van der Waals surface area contributed by atoms with E-state index in [0.717, 1.165) is 4.88 Å². The number of hydrogen-bond donors (Lipinski definition) is 0. The predicted octanol–water partition coefficient (Wildman–Crippen LogP) is 5.31. The second kappa shape index (κ2) is 6.52. The quantitative estimate of drug-likeness (QED) is 0.596. The van der Waals surface area contributed by atoms with E-state index >= 15 is 0 Å². The highest BCUT2D eigenvalue weighted by Gasteiger charge is 2.15. The number of methoxy groups -OCH3 is 1. The van der Waals surface area contributed by atoms with E-state index in [4.69, 9.17) is 32.7 Å². The van der Waals surface area contributed by atoms with Gasteiger partial charge in [0.2, 0.25) is 5.75 Å². The predicted molar refractivity (Wildman–Crippen MR) is 88.4 cm³/mol. The van der Waals surface area contributed by atoms with Gasteiger partial charge < -0.3 is 9.47 Å². The van der Waals surface area contributed by atoms with Crippen LogP contribution in [0.2, 0.25) is 10.3 Å². The van der Waals surface area contributed by atoms with Crippen molar-refractivity contribution in [3.63, 3.8) is 0 Å². The maximum absolute atomic E-state index is 6.19. The molecule has 3 rings (SSSR count). The normalized spacial score (nSPS) is 10.5. The largest absolute Gasteiger partial charge is 0.497 e. The minimum atomic E-state index is 0.159. The summed E-state index contributed by atoms with van der Waals surface area (Å²) in [6.07, 6.45) is 0. The van der Waals surface area contributed by atoms with E-state index in [1.54, 1.807) is 25.3 Å². The highest BCUT2D eigenvalue weighted by atomic mass is 35.5. The number of hydrogen-bond acceptors (Lipinski definition) is 5. The summed E-state index contributed by atoms with van der Waals surface area (Å²) in [5, 5.41) is 2.25. The van der Waals surface area contributed by atoms with Crippen molar-refractivity contribution >= 4 is 34.5 Å². The van der Waals surface area contributed by atoms with E-state index in [9.17, 15) is 0 Å². The molecule has 0 aliphatic rings. The molecule has 0 fully saturated rings. The third-order valence-corrected chi connectivity index (χ3v) is 4.16. The van der Waals surface area contributed by atoms with Gasteiger partial charge in [-0.15, -0.1) is 11.3 Å². The molecule has 2 aromatic heterocycles. The number of benzene rings is 1. The minimum Gasteiger partial charge on any atom is -0.497 e. The summed E-state index contributed by atoms with van der Waals surface area (Å²) in [6.45, 7) is 0. The van der Waals surface area contributed by atoms with E-state index in [0.29, 0.717) is 17.3 Å². The zero-order chi connectivity index (χ0) is 15.5. The first-order chi connectivity index (χ1) is 10.7. The zero-order valence-corrected chi connectivity index (χ0v) is 13.7. The van der Waals surface area contributed by atoms with Crippen LogP contribution >= 0.6 is 34.5 Å². The molecule has 0 aliphatic carbocycles. The summed E-state index contributed by atoms with van der Waals surface area (Å²) in [7, 11) is 1.58. The summed E-state index contributed by atoms with van der Waals surface area (Å²) < 4.78 is 10.8. The average molecular weight is 353 g/mol. The molecule has 0 radical (unpaired) electrons. The van der Waals surface area contributed by atoms with Crippen molar-refractivity contribution < 1.29 is 9.47 Å². The fraction of sp³-hybridized carbons (Fsp3) is 0.0667. The Balaban J connectivity index is 1.94. The molecule has 112 valence electrons. The molecule has 4 nitrogen and oxygen atoms in total. The lowest BCUT2D eigenvalue weighted by Gasteiger charge is -2.10. The van der Waals surface area contributed by atoms with Crippen LogP contribution in [0.25, 0.3) is 10.7 Å². The number of nitrogens with zero attached hydrogens (tertiary/aromatic N) is 2. The number of thiophene rings is 1. The summed E-state index contributed by atoms with van der Waals surface area (Å²) in [6, 6.07) is 10.9. The van der Waals surface area contributed by atoms with E-state index in [1.165, 1.54) is 11.3 Å². The Labute approximate surface area is 141 Å². The average Bonchev–Trinajstić information content (AvgIpc) is 3.05. The van der Waals surface area contributed by atoms with Gasteiger partial charge in [-0.2, -0.15) is 0 Å². The van der Waals surface area contributed by atoms with Crippen LogP contribution in [0.1, 0.15) is 0 Å². The van der Waals surface area contributed by atoms with Crippen LogP contribution in [0.15, 0.2) is 41.8 Å². The van der Waals surface area contributed by atoms with Crippen LogP contribution in [0.3, 0.4) is 0 Å². The molecular weight excluding hydrogens is 343 g/mol. The Kier molecular flexibility index (Phi) is 4.47. The first-order valence-electron chi connectivity index (χ1n) is 6.26. The number of halogens is 2. The van der Waals surface area contributed by atoms with Gasteiger partial charge in [-0.1, -0.05) is 35.3 Å². The van der Waals surface area contributed by atoms with Crippen molar-refractivity contribution in [3.8, 4) is 28.0 Å². The summed E-state index contributed by atoms with van der Waals surface area (Å²) in [4.78, 5) is 9.36. The molecule has 0 unspecified atom stereocenters. The fourth-order valence-electron chi connectivity index (χ4n) is 1.78. The van der Waals surface area contributed by atoms with Crippen molar-refractivity contribution in [3.05, 3.63) is 52.1 Å². The zero-order valence-electron chi connectivity index (χ0n) is 11.4. The molecule has 2 heterocycles. The van der Waals surface area contributed by atoms with Gasteiger partial charge in [0, 0.05) is 6.07 Å². The number of ether oxygens (including phenoxy) is 2. The van der Waals surface area contributed by atoms with Crippen LogP contribution in [-0.2, 0) is 0 Å². The Morgan fingerprint density at radius 3 is 2.36 bits per heavy atom. The summed E-state index contributed by atoms with van der Waals surface area (Å²) in [5.41, 5.74) is 0. The monoisotopic (exact) mass is 352 g/mol. The van der Waals surface area contributed by atoms with Gasteiger partial charge in [-0.25, -0.2) is 9.97 Å². The highest BCUT2D eigenvalue weighted by molar-refractivity contribution is 7.13. The van der Waals surface area contributed by atoms with Crippen LogP contribution in [0.5, 0.6) is 17.2 Å². The van der Waals surface area contributed by atoms with Gasteiger partial charge in [0.1, 0.15) is 11.5 Å². The molecule has 0 aliphatic heterocycles. The molecular formula is C15H10Cl2N2O2S. The Morgan fingerprint density at radius 2 is 1.73 bits per heavy atom. The molecule has 0 saturated carbocycles. The van der Waals surface area contributed by atoms with E-state index < -0.39 is 0 Å². The molecule has 0 atom stereocenters. The topological polar surface area (TPSA) is 44.2 Å². The fourth-order valence-corrected chi connectivity index (χ4v) is 2.90. The lowest BCUT2D eigenvalue weighted by molar-refractivity contribution is 0.409. The van der Waals surface area contributed by atoms with Crippen LogP contribution < -0.4 is 9.47 Å². The van der Waals surface area contributed by atoms with Crippen LogP contribution in [0.4, 0.5) is 0 Å². The van der Waals surface area contributed by atoms with Crippen LogP contribution in [-0.4, -0.2) is 17.1 Å². The lowest BCUT2D eigenvalue weighted by Crippen LogP contribution is -1.95. The van der Waals surface area contributed by atoms with Gasteiger partial charge in [-0.05, 0) is 23.6 Å². The summed E-state index contributed by atoms with van der Waals surface area (Å²) >= 11 is 13.9. The Hall–Kier alpha value is -1.82. The van der Waals surface area contributed by atoms with Crippen molar-refractivity contribution in [2.45, 2.75) is 0 Å². The van der Waals surface area contributed by atoms with E-state index in [1.807, 2.05) is 23.6 Å². The molecule has 0 N–H and O–H groups in total. The molecule has 22 heavy (non-hydrogen) atoms. The molecule has 0 saturated heterocycles. The molecule has 1 aromatic carbocycles. The van der Waals surface area contributed by atoms with Gasteiger partial charge in [0.05, 0.1) is 12.0 Å². The number of rotatable bonds is 4. The van der Waals surface area contributed by atoms with E-state index in [-0.39, 0.29) is 16.1 Å². The van der Waals surface area contributed by atoms with Gasteiger partial charge in [0.15, 0.2) is 16.1 Å². The molecule has 0 amide bonds. The van der Waals surface area contributed by atoms with Crippen molar-refractivity contribution in [1.29, 1.82) is 0 Å². The molecule has 0 spiro atoms. The first-order valence-corrected chi connectivity index (χ1v) is 7.90. The second-order valence-electron chi connectivity index (χ2n) is 4.22. The van der Waals surface area contributed by atoms with Gasteiger partial charge in [0.25, 0.3) is 0 Å². The Bertz CT molecular complexity index is 771. The smallest absolute Gasteiger partial charge is 0.201 e. The minimum absolute atomic E-state index is 0.159. The molecule has 7 heteroatoms. The maximum Gasteiger partial charge on any atom is 0.201 e. The van der Waals surface area contributed by atoms with Crippen molar-refractivity contribution in [1.82, 2.24) is 9.97 Å². The molecule has 3 aromatic rings. The van der Waals surface area contributed by atoms with Crippen molar-refractivity contribution in [2.24, 2.45) is 0 Å². The van der Waals surface area contributed by atoms with E-state index in [2.05, 4.69) is 9.97 Å². The second-order valence-corrected chi connectivity index (χ2v) is 5.88.